The number of aldehydes is 1. The average molecular weight is 315 g/mol. The second-order valence-electron chi connectivity index (χ2n) is 6.66. The predicted molar refractivity (Wildman–Crippen MR) is 102 cm³/mol. The van der Waals surface area contributed by atoms with Crippen LogP contribution in [0.15, 0.2) is 30.8 Å². The molecule has 0 atom stereocenters. The van der Waals surface area contributed by atoms with Crippen LogP contribution in [0.25, 0.3) is 5.57 Å². The van der Waals surface area contributed by atoms with Gasteiger partial charge in [-0.3, -0.25) is 4.79 Å². The largest absolute Gasteiger partial charge is 0.298 e. The van der Waals surface area contributed by atoms with Crippen LogP contribution in [0, 0.1) is 5.92 Å². The summed E-state index contributed by atoms with van der Waals surface area (Å²) in [7, 11) is 0. The maximum atomic E-state index is 10.8. The highest BCUT2D eigenvalue weighted by Crippen LogP contribution is 2.31. The van der Waals surface area contributed by atoms with Crippen molar-refractivity contribution >= 4 is 11.9 Å². The van der Waals surface area contributed by atoms with Gasteiger partial charge in [0.25, 0.3) is 0 Å². The number of allylic oxidation sites excluding steroid dienone is 1. The van der Waals surface area contributed by atoms with Gasteiger partial charge in [0, 0.05) is 5.56 Å². The van der Waals surface area contributed by atoms with Gasteiger partial charge in [-0.2, -0.15) is 0 Å². The summed E-state index contributed by atoms with van der Waals surface area (Å²) in [5, 5.41) is 0. The number of benzene rings is 1. The zero-order valence-electron chi connectivity index (χ0n) is 15.2. The zero-order valence-corrected chi connectivity index (χ0v) is 15.2. The van der Waals surface area contributed by atoms with E-state index < -0.39 is 0 Å². The Morgan fingerprint density at radius 3 is 1.87 bits per heavy atom. The van der Waals surface area contributed by atoms with E-state index in [2.05, 4.69) is 32.6 Å². The van der Waals surface area contributed by atoms with Gasteiger partial charge in [0.05, 0.1) is 0 Å². The monoisotopic (exact) mass is 314 g/mol. The van der Waals surface area contributed by atoms with Crippen LogP contribution in [-0.4, -0.2) is 6.29 Å². The lowest BCUT2D eigenvalue weighted by molar-refractivity contribution is 0.112. The topological polar surface area (TPSA) is 17.1 Å². The van der Waals surface area contributed by atoms with Crippen molar-refractivity contribution in [3.8, 4) is 0 Å². The lowest BCUT2D eigenvalue weighted by Crippen LogP contribution is -2.04. The Morgan fingerprint density at radius 2 is 1.43 bits per heavy atom. The molecule has 1 nitrogen and oxygen atoms in total. The summed E-state index contributed by atoms with van der Waals surface area (Å²) < 4.78 is 0. The van der Waals surface area contributed by atoms with Gasteiger partial charge in [0.15, 0.2) is 0 Å². The summed E-state index contributed by atoms with van der Waals surface area (Å²) in [6.07, 6.45) is 13.9. The number of rotatable bonds is 13. The van der Waals surface area contributed by atoms with Crippen molar-refractivity contribution in [3.05, 3.63) is 42.0 Å². The molecule has 0 radical (unpaired) electrons. The van der Waals surface area contributed by atoms with Crippen molar-refractivity contribution in [2.45, 2.75) is 78.1 Å². The molecule has 0 bridgehead atoms. The highest BCUT2D eigenvalue weighted by molar-refractivity contribution is 5.76. The lowest BCUT2D eigenvalue weighted by Gasteiger charge is -2.20. The van der Waals surface area contributed by atoms with Gasteiger partial charge in [-0.25, -0.2) is 0 Å². The molecule has 0 spiro atoms. The molecule has 0 fully saturated rings. The van der Waals surface area contributed by atoms with Gasteiger partial charge >= 0.3 is 0 Å². The highest BCUT2D eigenvalue weighted by Gasteiger charge is 2.14. The highest BCUT2D eigenvalue weighted by atomic mass is 16.1. The normalized spacial score (nSPS) is 10.9. The summed E-state index contributed by atoms with van der Waals surface area (Å²) in [6, 6.07) is 7.91. The van der Waals surface area contributed by atoms with Gasteiger partial charge in [-0.1, -0.05) is 96.1 Å². The molecule has 23 heavy (non-hydrogen) atoms. The molecule has 0 aromatic heterocycles. The smallest absolute Gasteiger partial charge is 0.150 e. The molecule has 1 heteroatoms. The molecule has 0 aliphatic rings. The first-order valence-electron chi connectivity index (χ1n) is 9.47. The van der Waals surface area contributed by atoms with Crippen LogP contribution in [0.5, 0.6) is 0 Å². The SMILES string of the molecule is C=C(c1ccc(C=O)cc1)C(CCCCCC)CCCCCC. The summed E-state index contributed by atoms with van der Waals surface area (Å²) in [5.74, 6) is 0.589. The third-order valence-electron chi connectivity index (χ3n) is 4.72. The minimum absolute atomic E-state index is 0.589. The van der Waals surface area contributed by atoms with Crippen molar-refractivity contribution < 1.29 is 4.79 Å². The van der Waals surface area contributed by atoms with Crippen molar-refractivity contribution in [1.82, 2.24) is 0 Å². The molecule has 0 saturated carbocycles. The van der Waals surface area contributed by atoms with Crippen molar-refractivity contribution in [2.75, 3.05) is 0 Å². The average Bonchev–Trinajstić information content (AvgIpc) is 2.60. The second-order valence-corrected chi connectivity index (χ2v) is 6.66. The molecule has 0 heterocycles. The lowest BCUT2D eigenvalue weighted by atomic mass is 9.85. The molecule has 1 aromatic rings. The van der Waals surface area contributed by atoms with E-state index in [-0.39, 0.29) is 0 Å². The van der Waals surface area contributed by atoms with E-state index in [0.717, 1.165) is 11.8 Å². The standard InChI is InChI=1S/C22H34O/c1-4-6-8-10-12-21(13-11-9-7-5-2)19(3)22-16-14-20(18-23)15-17-22/h14-18,21H,3-13H2,1-2H3. The van der Waals surface area contributed by atoms with E-state index in [9.17, 15) is 4.79 Å². The van der Waals surface area contributed by atoms with E-state index >= 15 is 0 Å². The minimum atomic E-state index is 0.589. The van der Waals surface area contributed by atoms with Gasteiger partial charge < -0.3 is 0 Å². The predicted octanol–water partition coefficient (Wildman–Crippen LogP) is 7.07. The van der Waals surface area contributed by atoms with Crippen LogP contribution in [0.1, 0.15) is 94.0 Å². The maximum absolute atomic E-state index is 10.8. The molecule has 0 N–H and O–H groups in total. The molecule has 1 rings (SSSR count). The van der Waals surface area contributed by atoms with E-state index in [4.69, 9.17) is 0 Å². The first kappa shape index (κ1) is 19.7. The van der Waals surface area contributed by atoms with E-state index in [0.29, 0.717) is 5.92 Å². The van der Waals surface area contributed by atoms with Gasteiger partial charge in [0.2, 0.25) is 0 Å². The minimum Gasteiger partial charge on any atom is -0.298 e. The Bertz CT molecular complexity index is 432. The van der Waals surface area contributed by atoms with Crippen molar-refractivity contribution in [2.24, 2.45) is 5.92 Å². The third kappa shape index (κ3) is 7.63. The fourth-order valence-corrected chi connectivity index (χ4v) is 3.14. The molecular formula is C22H34O. The molecule has 0 saturated heterocycles. The summed E-state index contributed by atoms with van der Waals surface area (Å²) in [4.78, 5) is 10.8. The van der Waals surface area contributed by atoms with Gasteiger partial charge in [-0.15, -0.1) is 0 Å². The Labute approximate surface area is 143 Å². The fraction of sp³-hybridized carbons (Fsp3) is 0.591. The number of hydrogen-bond donors (Lipinski definition) is 0. The maximum Gasteiger partial charge on any atom is 0.150 e. The molecule has 128 valence electrons. The first-order valence-corrected chi connectivity index (χ1v) is 9.47. The van der Waals surface area contributed by atoms with E-state index in [1.807, 2.05) is 12.1 Å². The van der Waals surface area contributed by atoms with Gasteiger partial charge in [0.1, 0.15) is 6.29 Å². The van der Waals surface area contributed by atoms with E-state index in [1.165, 1.54) is 75.3 Å². The first-order chi connectivity index (χ1) is 11.2. The summed E-state index contributed by atoms with van der Waals surface area (Å²) >= 11 is 0. The molecule has 1 aromatic carbocycles. The Balaban J connectivity index is 2.62. The molecule has 0 unspecified atom stereocenters. The Hall–Kier alpha value is -1.37. The second kappa shape index (κ2) is 12.1. The zero-order chi connectivity index (χ0) is 16.9. The van der Waals surface area contributed by atoms with Crippen molar-refractivity contribution in [3.63, 3.8) is 0 Å². The fourth-order valence-electron chi connectivity index (χ4n) is 3.14. The quantitative estimate of drug-likeness (QED) is 0.281. The van der Waals surface area contributed by atoms with Gasteiger partial charge in [-0.05, 0) is 29.9 Å². The molecule has 0 aliphatic heterocycles. The molecular weight excluding hydrogens is 280 g/mol. The number of carbonyl (C=O) groups is 1. The van der Waals surface area contributed by atoms with Crippen LogP contribution in [0.4, 0.5) is 0 Å². The van der Waals surface area contributed by atoms with E-state index in [1.54, 1.807) is 0 Å². The number of carbonyl (C=O) groups excluding carboxylic acids is 1. The van der Waals surface area contributed by atoms with Crippen LogP contribution in [-0.2, 0) is 0 Å². The summed E-state index contributed by atoms with van der Waals surface area (Å²) in [5.41, 5.74) is 3.20. The van der Waals surface area contributed by atoms with Crippen LogP contribution < -0.4 is 0 Å². The Kier molecular flexibility index (Phi) is 10.4. The summed E-state index contributed by atoms with van der Waals surface area (Å²) in [6.45, 7) is 8.91. The molecule has 0 amide bonds. The molecule has 0 aliphatic carbocycles. The Morgan fingerprint density at radius 1 is 0.913 bits per heavy atom. The van der Waals surface area contributed by atoms with Crippen LogP contribution in [0.2, 0.25) is 0 Å². The number of unbranched alkanes of at least 4 members (excludes halogenated alkanes) is 6. The third-order valence-corrected chi connectivity index (χ3v) is 4.72. The van der Waals surface area contributed by atoms with Crippen LogP contribution >= 0.6 is 0 Å². The van der Waals surface area contributed by atoms with Crippen molar-refractivity contribution in [1.29, 1.82) is 0 Å². The number of hydrogen-bond acceptors (Lipinski definition) is 1. The van der Waals surface area contributed by atoms with Crippen LogP contribution in [0.3, 0.4) is 0 Å².